The molecule has 1 unspecified atom stereocenters. The Morgan fingerprint density at radius 3 is 2.68 bits per heavy atom. The molecule has 1 atom stereocenters. The molecule has 1 aromatic rings. The Kier molecular flexibility index (Phi) is 4.19. The number of carbonyl (C=O) groups is 1. The van der Waals surface area contributed by atoms with Crippen LogP contribution in [0.4, 0.5) is 11.8 Å². The van der Waals surface area contributed by atoms with Crippen molar-refractivity contribution in [3.8, 4) is 0 Å². The second kappa shape index (κ2) is 5.86. The van der Waals surface area contributed by atoms with E-state index in [1.807, 2.05) is 18.7 Å². The van der Waals surface area contributed by atoms with Gasteiger partial charge in [-0.1, -0.05) is 0 Å². The number of amides is 1. The van der Waals surface area contributed by atoms with Crippen molar-refractivity contribution in [3.05, 3.63) is 11.8 Å². The molecule has 19 heavy (non-hydrogen) atoms. The summed E-state index contributed by atoms with van der Waals surface area (Å²) in [6, 6.07) is 1.49. The average Bonchev–Trinajstić information content (AvgIpc) is 2.37. The minimum atomic E-state index is -0.299. The van der Waals surface area contributed by atoms with Crippen molar-refractivity contribution in [2.75, 3.05) is 24.1 Å². The zero-order valence-corrected chi connectivity index (χ0v) is 11.5. The van der Waals surface area contributed by atoms with Crippen LogP contribution in [0.15, 0.2) is 6.07 Å². The third-order valence-electron chi connectivity index (χ3n) is 3.27. The highest BCUT2D eigenvalue weighted by molar-refractivity contribution is 5.84. The predicted molar refractivity (Wildman–Crippen MR) is 74.7 cm³/mol. The van der Waals surface area contributed by atoms with Crippen molar-refractivity contribution >= 4 is 17.7 Å². The van der Waals surface area contributed by atoms with E-state index >= 15 is 0 Å². The molecular weight excluding hydrogens is 242 g/mol. The van der Waals surface area contributed by atoms with Crippen LogP contribution in [0.2, 0.25) is 0 Å². The lowest BCUT2D eigenvalue weighted by atomic mass is 10.1. The summed E-state index contributed by atoms with van der Waals surface area (Å²) in [5.74, 6) is 0.942. The van der Waals surface area contributed by atoms with E-state index in [-0.39, 0.29) is 17.9 Å². The smallest absolute Gasteiger partial charge is 0.244 e. The van der Waals surface area contributed by atoms with Gasteiger partial charge in [-0.2, -0.15) is 4.98 Å². The maximum Gasteiger partial charge on any atom is 0.244 e. The fraction of sp³-hybridized carbons (Fsp3) is 0.615. The number of likely N-dealkylation sites (tertiary alicyclic amines) is 1. The number of aryl methyl sites for hydroxylation is 1. The molecule has 1 fully saturated rings. The van der Waals surface area contributed by atoms with Gasteiger partial charge in [-0.15, -0.1) is 0 Å². The topological polar surface area (TPSA) is 84.1 Å². The molecule has 104 valence electrons. The molecule has 0 bridgehead atoms. The van der Waals surface area contributed by atoms with Gasteiger partial charge in [0.1, 0.15) is 11.9 Å². The first-order valence-electron chi connectivity index (χ1n) is 6.73. The number of nitrogens with two attached hydrogens (primary N) is 1. The average molecular weight is 263 g/mol. The van der Waals surface area contributed by atoms with Gasteiger partial charge in [0.2, 0.25) is 11.9 Å². The van der Waals surface area contributed by atoms with Gasteiger partial charge in [0, 0.05) is 24.8 Å². The molecule has 1 saturated heterocycles. The third-order valence-corrected chi connectivity index (χ3v) is 3.27. The first-order chi connectivity index (χ1) is 9.06. The summed E-state index contributed by atoms with van der Waals surface area (Å²) >= 11 is 0. The number of anilines is 2. The molecule has 1 aliphatic heterocycles. The van der Waals surface area contributed by atoms with Crippen LogP contribution in [0.3, 0.4) is 0 Å². The minimum Gasteiger partial charge on any atom is -0.368 e. The van der Waals surface area contributed by atoms with Crippen molar-refractivity contribution in [1.82, 2.24) is 14.9 Å². The molecule has 6 heteroatoms. The lowest BCUT2D eigenvalue weighted by Crippen LogP contribution is -2.44. The summed E-state index contributed by atoms with van der Waals surface area (Å²) in [6.45, 7) is 5.41. The van der Waals surface area contributed by atoms with E-state index in [1.54, 1.807) is 6.07 Å². The number of aromatic nitrogens is 2. The highest BCUT2D eigenvalue weighted by Gasteiger charge is 2.22. The van der Waals surface area contributed by atoms with Crippen molar-refractivity contribution in [2.24, 2.45) is 0 Å². The predicted octanol–water partition coefficient (Wildman–Crippen LogP) is 1.18. The Bertz CT molecular complexity index is 436. The van der Waals surface area contributed by atoms with Crippen molar-refractivity contribution in [1.29, 1.82) is 0 Å². The highest BCUT2D eigenvalue weighted by atomic mass is 16.2. The molecule has 2 rings (SSSR count). The largest absolute Gasteiger partial charge is 0.368 e. The van der Waals surface area contributed by atoms with E-state index in [1.165, 1.54) is 6.42 Å². The number of rotatable bonds is 3. The van der Waals surface area contributed by atoms with E-state index in [2.05, 4.69) is 15.3 Å². The molecule has 1 aromatic heterocycles. The van der Waals surface area contributed by atoms with Crippen molar-refractivity contribution < 1.29 is 4.79 Å². The van der Waals surface area contributed by atoms with Gasteiger partial charge in [0.05, 0.1) is 0 Å². The van der Waals surface area contributed by atoms with Crippen molar-refractivity contribution in [2.45, 2.75) is 39.2 Å². The van der Waals surface area contributed by atoms with E-state index in [0.717, 1.165) is 31.6 Å². The van der Waals surface area contributed by atoms with Crippen molar-refractivity contribution in [3.63, 3.8) is 0 Å². The van der Waals surface area contributed by atoms with E-state index in [4.69, 9.17) is 5.73 Å². The molecule has 2 heterocycles. The fourth-order valence-electron chi connectivity index (χ4n) is 2.34. The second-order valence-electron chi connectivity index (χ2n) is 5.00. The van der Waals surface area contributed by atoms with Crippen LogP contribution < -0.4 is 11.1 Å². The summed E-state index contributed by atoms with van der Waals surface area (Å²) in [6.07, 6.45) is 3.41. The lowest BCUT2D eigenvalue weighted by Gasteiger charge is -2.29. The Balaban J connectivity index is 1.99. The molecule has 0 saturated carbocycles. The zero-order valence-electron chi connectivity index (χ0n) is 11.5. The molecule has 6 nitrogen and oxygen atoms in total. The van der Waals surface area contributed by atoms with Gasteiger partial charge < -0.3 is 16.0 Å². The maximum atomic E-state index is 12.3. The first-order valence-corrected chi connectivity index (χ1v) is 6.73. The number of piperidine rings is 1. The Labute approximate surface area is 113 Å². The number of hydrogen-bond donors (Lipinski definition) is 2. The monoisotopic (exact) mass is 263 g/mol. The van der Waals surface area contributed by atoms with Crippen LogP contribution in [0.1, 0.15) is 31.9 Å². The van der Waals surface area contributed by atoms with Gasteiger partial charge in [-0.25, -0.2) is 4.98 Å². The van der Waals surface area contributed by atoms with Crippen LogP contribution in [-0.2, 0) is 4.79 Å². The molecule has 0 aromatic carbocycles. The van der Waals surface area contributed by atoms with Crippen LogP contribution in [0, 0.1) is 6.92 Å². The maximum absolute atomic E-state index is 12.3. The molecule has 0 spiro atoms. The van der Waals surface area contributed by atoms with Crippen LogP contribution in [-0.4, -0.2) is 39.9 Å². The summed E-state index contributed by atoms with van der Waals surface area (Å²) in [7, 11) is 0. The van der Waals surface area contributed by atoms with Gasteiger partial charge in [0.15, 0.2) is 0 Å². The molecule has 0 radical (unpaired) electrons. The van der Waals surface area contributed by atoms with Crippen LogP contribution in [0.25, 0.3) is 0 Å². The summed E-state index contributed by atoms with van der Waals surface area (Å²) in [4.78, 5) is 22.3. The number of nitrogens with one attached hydrogen (secondary N) is 1. The molecule has 1 aliphatic rings. The van der Waals surface area contributed by atoms with E-state index in [0.29, 0.717) is 5.82 Å². The minimum absolute atomic E-state index is 0.120. The fourth-order valence-corrected chi connectivity index (χ4v) is 2.34. The van der Waals surface area contributed by atoms with Gasteiger partial charge in [-0.05, 0) is 33.1 Å². The van der Waals surface area contributed by atoms with Crippen LogP contribution >= 0.6 is 0 Å². The summed E-state index contributed by atoms with van der Waals surface area (Å²) in [5.41, 5.74) is 6.38. The second-order valence-corrected chi connectivity index (χ2v) is 5.00. The number of carbonyl (C=O) groups excluding carboxylic acids is 1. The third kappa shape index (κ3) is 3.56. The molecule has 1 amide bonds. The lowest BCUT2D eigenvalue weighted by molar-refractivity contribution is -0.132. The zero-order chi connectivity index (χ0) is 13.8. The number of nitrogens with zero attached hydrogens (tertiary/aromatic N) is 3. The first kappa shape index (κ1) is 13.6. The Morgan fingerprint density at radius 1 is 1.37 bits per heavy atom. The van der Waals surface area contributed by atoms with Gasteiger partial charge >= 0.3 is 0 Å². The van der Waals surface area contributed by atoms with Gasteiger partial charge in [0.25, 0.3) is 0 Å². The SMILES string of the molecule is Cc1cc(NC(C)C(=O)N2CCCCC2)nc(N)n1. The van der Waals surface area contributed by atoms with Gasteiger partial charge in [-0.3, -0.25) is 4.79 Å². The Morgan fingerprint density at radius 2 is 2.05 bits per heavy atom. The quantitative estimate of drug-likeness (QED) is 0.855. The standard InChI is InChI=1S/C13H21N5O/c1-9-8-11(17-13(14)15-9)16-10(2)12(19)18-6-4-3-5-7-18/h8,10H,3-7H2,1-2H3,(H3,14,15,16,17). The van der Waals surface area contributed by atoms with E-state index in [9.17, 15) is 4.79 Å². The summed E-state index contributed by atoms with van der Waals surface area (Å²) in [5, 5.41) is 3.10. The molecular formula is C13H21N5O. The number of nitrogen functional groups attached to an aromatic ring is 1. The highest BCUT2D eigenvalue weighted by Crippen LogP contribution is 2.13. The number of hydrogen-bond acceptors (Lipinski definition) is 5. The normalized spacial score (nSPS) is 17.1. The molecule has 0 aliphatic carbocycles. The summed E-state index contributed by atoms with van der Waals surface area (Å²) < 4.78 is 0. The molecule has 3 N–H and O–H groups in total. The Hall–Kier alpha value is -1.85. The van der Waals surface area contributed by atoms with Crippen LogP contribution in [0.5, 0.6) is 0 Å². The van der Waals surface area contributed by atoms with E-state index < -0.39 is 0 Å².